The standard InChI is InChI=1S/C34H24N6O4/c35-31-25-7-3-1-5-23(25)27(33(41)42)17-29(31)39-37-21-13-9-19(10-14-21)20-11-15-22(16-12-20)38-40-30-18-28(34(43)44)24-6-2-4-8-26(24)32(30)36/h1-18H,35-36H2,(H,41,42)(H,43,44)/b39-37+,40-38+. The molecule has 0 atom stereocenters. The zero-order valence-electron chi connectivity index (χ0n) is 23.0. The number of fused-ring (bicyclic) bond motifs is 2. The van der Waals surface area contributed by atoms with E-state index >= 15 is 0 Å². The van der Waals surface area contributed by atoms with Crippen LogP contribution in [0.15, 0.2) is 130 Å². The Bertz CT molecular complexity index is 1980. The summed E-state index contributed by atoms with van der Waals surface area (Å²) in [5, 5.41) is 38.6. The van der Waals surface area contributed by atoms with Gasteiger partial charge >= 0.3 is 11.9 Å². The van der Waals surface area contributed by atoms with Crippen molar-refractivity contribution in [3.63, 3.8) is 0 Å². The molecule has 0 heterocycles. The molecule has 6 aromatic rings. The summed E-state index contributed by atoms with van der Waals surface area (Å²) >= 11 is 0. The van der Waals surface area contributed by atoms with Crippen molar-refractivity contribution in [2.24, 2.45) is 20.5 Å². The average Bonchev–Trinajstić information content (AvgIpc) is 3.04. The molecule has 10 nitrogen and oxygen atoms in total. The number of hydrogen-bond acceptors (Lipinski definition) is 8. The summed E-state index contributed by atoms with van der Waals surface area (Å²) in [5.74, 6) is -2.14. The summed E-state index contributed by atoms with van der Waals surface area (Å²) in [6, 6.07) is 31.6. The van der Waals surface area contributed by atoms with Crippen LogP contribution in [-0.2, 0) is 0 Å². The zero-order valence-corrected chi connectivity index (χ0v) is 23.0. The molecular formula is C34H24N6O4. The van der Waals surface area contributed by atoms with Gasteiger partial charge in [0.05, 0.1) is 33.9 Å². The molecule has 44 heavy (non-hydrogen) atoms. The Kier molecular flexibility index (Phi) is 7.22. The number of hydrogen-bond donors (Lipinski definition) is 4. The smallest absolute Gasteiger partial charge is 0.336 e. The molecule has 0 bridgehead atoms. The predicted octanol–water partition coefficient (Wildman–Crippen LogP) is 9.05. The van der Waals surface area contributed by atoms with Crippen molar-refractivity contribution in [2.45, 2.75) is 0 Å². The van der Waals surface area contributed by atoms with Crippen LogP contribution in [0.25, 0.3) is 32.7 Å². The van der Waals surface area contributed by atoms with Gasteiger partial charge in [-0.25, -0.2) is 9.59 Å². The van der Waals surface area contributed by atoms with Crippen LogP contribution in [-0.4, -0.2) is 22.2 Å². The summed E-state index contributed by atoms with van der Waals surface area (Å²) in [4.78, 5) is 23.6. The minimum atomic E-state index is -1.07. The van der Waals surface area contributed by atoms with Crippen LogP contribution < -0.4 is 11.5 Å². The van der Waals surface area contributed by atoms with Gasteiger partial charge in [-0.1, -0.05) is 72.8 Å². The maximum absolute atomic E-state index is 11.8. The first kappa shape index (κ1) is 27.7. The number of azo groups is 2. The molecule has 10 heteroatoms. The molecule has 0 saturated carbocycles. The summed E-state index contributed by atoms with van der Waals surface area (Å²) in [7, 11) is 0. The lowest BCUT2D eigenvalue weighted by Crippen LogP contribution is -1.99. The van der Waals surface area contributed by atoms with E-state index < -0.39 is 11.9 Å². The minimum absolute atomic E-state index is 0.104. The van der Waals surface area contributed by atoms with E-state index in [-0.39, 0.29) is 22.5 Å². The van der Waals surface area contributed by atoms with E-state index in [9.17, 15) is 19.8 Å². The van der Waals surface area contributed by atoms with Gasteiger partial charge in [-0.2, -0.15) is 10.2 Å². The van der Waals surface area contributed by atoms with Crippen molar-refractivity contribution in [2.75, 3.05) is 11.5 Å². The van der Waals surface area contributed by atoms with E-state index in [0.29, 0.717) is 44.3 Å². The normalized spacial score (nSPS) is 11.5. The lowest BCUT2D eigenvalue weighted by Gasteiger charge is -2.08. The third-order valence-electron chi connectivity index (χ3n) is 7.20. The van der Waals surface area contributed by atoms with E-state index in [0.717, 1.165) is 11.1 Å². The molecule has 0 spiro atoms. The summed E-state index contributed by atoms with van der Waals surface area (Å²) < 4.78 is 0. The van der Waals surface area contributed by atoms with Crippen LogP contribution in [0.5, 0.6) is 0 Å². The number of nitrogens with zero attached hydrogens (tertiary/aromatic N) is 4. The van der Waals surface area contributed by atoms with Gasteiger partial charge in [-0.3, -0.25) is 0 Å². The molecule has 0 amide bonds. The predicted molar refractivity (Wildman–Crippen MR) is 171 cm³/mol. The number of nitrogen functional groups attached to an aromatic ring is 2. The van der Waals surface area contributed by atoms with Crippen LogP contribution in [0.3, 0.4) is 0 Å². The highest BCUT2D eigenvalue weighted by Crippen LogP contribution is 2.36. The van der Waals surface area contributed by atoms with Crippen LogP contribution in [0, 0.1) is 0 Å². The Labute approximate surface area is 250 Å². The highest BCUT2D eigenvalue weighted by molar-refractivity contribution is 6.11. The van der Waals surface area contributed by atoms with Crippen LogP contribution >= 0.6 is 0 Å². The summed E-state index contributed by atoms with van der Waals surface area (Å²) in [5.41, 5.74) is 17.0. The van der Waals surface area contributed by atoms with Gasteiger partial charge in [0.15, 0.2) is 0 Å². The third kappa shape index (κ3) is 5.30. The second-order valence-electron chi connectivity index (χ2n) is 9.91. The molecule has 6 aromatic carbocycles. The SMILES string of the molecule is Nc1c(/N=N/c2ccc(-c3ccc(/N=N/c4cc(C(=O)O)c5ccccc5c4N)cc3)cc2)cc(C(=O)O)c2ccccc12. The lowest BCUT2D eigenvalue weighted by atomic mass is 10.0. The third-order valence-corrected chi connectivity index (χ3v) is 7.20. The highest BCUT2D eigenvalue weighted by atomic mass is 16.4. The zero-order chi connectivity index (χ0) is 30.8. The molecule has 6 N–H and O–H groups in total. The number of benzene rings is 6. The molecule has 0 fully saturated rings. The molecule has 0 aromatic heterocycles. The fourth-order valence-electron chi connectivity index (χ4n) is 4.95. The Morgan fingerprint density at radius 2 is 0.818 bits per heavy atom. The second-order valence-corrected chi connectivity index (χ2v) is 9.91. The number of rotatable bonds is 7. The monoisotopic (exact) mass is 580 g/mol. The summed E-state index contributed by atoms with van der Waals surface area (Å²) in [6.07, 6.45) is 0. The van der Waals surface area contributed by atoms with E-state index in [1.165, 1.54) is 12.1 Å². The van der Waals surface area contributed by atoms with Crippen molar-refractivity contribution in [1.29, 1.82) is 0 Å². The molecule has 0 saturated heterocycles. The molecule has 0 unspecified atom stereocenters. The Morgan fingerprint density at radius 3 is 1.16 bits per heavy atom. The quantitative estimate of drug-likeness (QED) is 0.108. The van der Waals surface area contributed by atoms with Gasteiger partial charge in [0.2, 0.25) is 0 Å². The highest BCUT2D eigenvalue weighted by Gasteiger charge is 2.15. The van der Waals surface area contributed by atoms with E-state index in [1.54, 1.807) is 72.8 Å². The Balaban J connectivity index is 1.20. The maximum Gasteiger partial charge on any atom is 0.336 e. The van der Waals surface area contributed by atoms with Crippen LogP contribution in [0.1, 0.15) is 20.7 Å². The minimum Gasteiger partial charge on any atom is -0.478 e. The average molecular weight is 581 g/mol. The Hall–Kier alpha value is -6.42. The molecule has 214 valence electrons. The van der Waals surface area contributed by atoms with E-state index in [4.69, 9.17) is 11.5 Å². The molecule has 0 aliphatic rings. The number of carboxylic acid groups (broad SMARTS) is 2. The van der Waals surface area contributed by atoms with Gasteiger partial charge in [0, 0.05) is 10.8 Å². The van der Waals surface area contributed by atoms with Gasteiger partial charge in [-0.15, -0.1) is 10.2 Å². The van der Waals surface area contributed by atoms with E-state index in [2.05, 4.69) is 20.5 Å². The maximum atomic E-state index is 11.8. The first-order chi connectivity index (χ1) is 21.3. The van der Waals surface area contributed by atoms with Crippen molar-refractivity contribution >= 4 is 67.6 Å². The van der Waals surface area contributed by atoms with Crippen LogP contribution in [0.2, 0.25) is 0 Å². The van der Waals surface area contributed by atoms with Gasteiger partial charge in [0.25, 0.3) is 0 Å². The fraction of sp³-hybridized carbons (Fsp3) is 0. The fourth-order valence-corrected chi connectivity index (χ4v) is 4.95. The largest absolute Gasteiger partial charge is 0.478 e. The van der Waals surface area contributed by atoms with Crippen molar-refractivity contribution < 1.29 is 19.8 Å². The van der Waals surface area contributed by atoms with Crippen molar-refractivity contribution in [3.8, 4) is 11.1 Å². The second kappa shape index (κ2) is 11.5. The number of aromatic carboxylic acids is 2. The van der Waals surface area contributed by atoms with Crippen LogP contribution in [0.4, 0.5) is 34.1 Å². The van der Waals surface area contributed by atoms with Gasteiger partial charge in [0.1, 0.15) is 11.4 Å². The molecule has 0 aliphatic carbocycles. The van der Waals surface area contributed by atoms with Crippen molar-refractivity contribution in [1.82, 2.24) is 0 Å². The number of nitrogens with two attached hydrogens (primary N) is 2. The molecule has 6 rings (SSSR count). The topological polar surface area (TPSA) is 176 Å². The van der Waals surface area contributed by atoms with Crippen molar-refractivity contribution in [3.05, 3.63) is 120 Å². The van der Waals surface area contributed by atoms with Gasteiger partial charge in [-0.05, 0) is 58.3 Å². The number of carbonyl (C=O) groups is 2. The number of carboxylic acids is 2. The molecular weight excluding hydrogens is 556 g/mol. The molecule has 0 aliphatic heterocycles. The first-order valence-corrected chi connectivity index (χ1v) is 13.4. The molecule has 0 radical (unpaired) electrons. The first-order valence-electron chi connectivity index (χ1n) is 13.4. The Morgan fingerprint density at radius 1 is 0.477 bits per heavy atom. The number of anilines is 2. The lowest BCUT2D eigenvalue weighted by molar-refractivity contribution is 0.0688. The summed E-state index contributed by atoms with van der Waals surface area (Å²) in [6.45, 7) is 0. The van der Waals surface area contributed by atoms with E-state index in [1.807, 2.05) is 24.3 Å². The van der Waals surface area contributed by atoms with Gasteiger partial charge < -0.3 is 21.7 Å².